The number of piperazine rings is 1. The molecule has 1 aromatic rings. The number of ether oxygens (including phenoxy) is 1. The largest absolute Gasteiger partial charge is 0.447 e. The SMILES string of the molecule is CCCC(=O)c1cnc2c(c1)N(C(=O)CN1CCN(C(=O)OC(C)C)C(C)C1)CC2(C)C. The second-order valence-corrected chi connectivity index (χ2v) is 9.84. The van der Waals surface area contributed by atoms with E-state index in [0.29, 0.717) is 38.2 Å². The average Bonchev–Trinajstić information content (AvgIpc) is 2.98. The third-order valence-electron chi connectivity index (χ3n) is 6.09. The minimum absolute atomic E-state index is 0.0101. The Kier molecular flexibility index (Phi) is 7.22. The summed E-state index contributed by atoms with van der Waals surface area (Å²) in [6.07, 6.45) is 2.43. The van der Waals surface area contributed by atoms with Crippen molar-refractivity contribution < 1.29 is 19.1 Å². The molecule has 1 unspecified atom stereocenters. The number of ketones is 1. The lowest BCUT2D eigenvalue weighted by Crippen LogP contribution is -2.56. The maximum atomic E-state index is 13.3. The molecule has 1 saturated heterocycles. The zero-order chi connectivity index (χ0) is 23.6. The normalized spacial score (nSPS) is 20.4. The van der Waals surface area contributed by atoms with Crippen molar-refractivity contribution in [3.8, 4) is 0 Å². The molecule has 0 aromatic carbocycles. The van der Waals surface area contributed by atoms with Crippen LogP contribution >= 0.6 is 0 Å². The van der Waals surface area contributed by atoms with Crippen molar-refractivity contribution in [2.75, 3.05) is 37.6 Å². The Morgan fingerprint density at radius 1 is 1.25 bits per heavy atom. The van der Waals surface area contributed by atoms with Crippen molar-refractivity contribution in [1.29, 1.82) is 0 Å². The van der Waals surface area contributed by atoms with E-state index in [9.17, 15) is 14.4 Å². The van der Waals surface area contributed by atoms with Crippen molar-refractivity contribution in [1.82, 2.24) is 14.8 Å². The fraction of sp³-hybridized carbons (Fsp3) is 0.667. The molecular formula is C24H36N4O4. The summed E-state index contributed by atoms with van der Waals surface area (Å²) >= 11 is 0. The predicted octanol–water partition coefficient (Wildman–Crippen LogP) is 3.24. The van der Waals surface area contributed by atoms with Gasteiger partial charge in [0.05, 0.1) is 24.0 Å². The summed E-state index contributed by atoms with van der Waals surface area (Å²) in [5, 5.41) is 0. The smallest absolute Gasteiger partial charge is 0.410 e. The first-order valence-corrected chi connectivity index (χ1v) is 11.6. The maximum absolute atomic E-state index is 13.3. The van der Waals surface area contributed by atoms with Gasteiger partial charge in [0.15, 0.2) is 5.78 Å². The first kappa shape index (κ1) is 24.2. The topological polar surface area (TPSA) is 83.1 Å². The molecule has 1 aromatic heterocycles. The molecule has 3 rings (SSSR count). The number of fused-ring (bicyclic) bond motifs is 1. The Hall–Kier alpha value is -2.48. The number of nitrogens with zero attached hydrogens (tertiary/aromatic N) is 4. The van der Waals surface area contributed by atoms with Crippen LogP contribution in [-0.2, 0) is 14.9 Å². The molecule has 0 saturated carbocycles. The number of amides is 2. The molecule has 0 aliphatic carbocycles. The number of pyridine rings is 1. The summed E-state index contributed by atoms with van der Waals surface area (Å²) in [5.74, 6) is 0.0438. The van der Waals surface area contributed by atoms with Gasteiger partial charge >= 0.3 is 6.09 Å². The first-order chi connectivity index (χ1) is 15.0. The van der Waals surface area contributed by atoms with Gasteiger partial charge in [0.25, 0.3) is 0 Å². The maximum Gasteiger partial charge on any atom is 0.410 e. The number of aromatic nitrogens is 1. The first-order valence-electron chi connectivity index (χ1n) is 11.6. The van der Waals surface area contributed by atoms with Gasteiger partial charge in [0.2, 0.25) is 5.91 Å². The van der Waals surface area contributed by atoms with Crippen molar-refractivity contribution in [2.24, 2.45) is 0 Å². The van der Waals surface area contributed by atoms with E-state index in [1.165, 1.54) is 0 Å². The second-order valence-electron chi connectivity index (χ2n) is 9.84. The van der Waals surface area contributed by atoms with Crippen molar-refractivity contribution in [3.05, 3.63) is 23.5 Å². The molecule has 2 amide bonds. The van der Waals surface area contributed by atoms with E-state index in [0.717, 1.165) is 17.8 Å². The summed E-state index contributed by atoms with van der Waals surface area (Å²) in [6.45, 7) is 14.3. The molecule has 0 bridgehead atoms. The van der Waals surface area contributed by atoms with E-state index in [1.54, 1.807) is 16.0 Å². The van der Waals surface area contributed by atoms with Gasteiger partial charge in [0.1, 0.15) is 0 Å². The summed E-state index contributed by atoms with van der Waals surface area (Å²) < 4.78 is 5.33. The number of carbonyl (C=O) groups excluding carboxylic acids is 3. The van der Waals surface area contributed by atoms with Crippen molar-refractivity contribution >= 4 is 23.5 Å². The van der Waals surface area contributed by atoms with Crippen molar-refractivity contribution in [3.63, 3.8) is 0 Å². The molecule has 8 heteroatoms. The summed E-state index contributed by atoms with van der Waals surface area (Å²) in [5.41, 5.74) is 1.89. The zero-order valence-corrected chi connectivity index (χ0v) is 20.2. The Morgan fingerprint density at radius 3 is 2.59 bits per heavy atom. The van der Waals surface area contributed by atoms with Gasteiger partial charge in [0, 0.05) is 55.8 Å². The zero-order valence-electron chi connectivity index (χ0n) is 20.2. The number of hydrogen-bond donors (Lipinski definition) is 0. The quantitative estimate of drug-likeness (QED) is 0.627. The molecule has 3 heterocycles. The standard InChI is InChI=1S/C24H36N4O4/c1-7-8-20(29)18-11-19-22(25-12-18)24(5,6)15-28(19)21(30)14-26-9-10-27(17(4)13-26)23(31)32-16(2)3/h11-12,16-17H,7-10,13-15H2,1-6H3. The van der Waals surface area contributed by atoms with Crippen LogP contribution in [0.15, 0.2) is 12.3 Å². The Balaban J connectivity index is 1.70. The highest BCUT2D eigenvalue weighted by Gasteiger charge is 2.40. The molecule has 1 fully saturated rings. The van der Waals surface area contributed by atoms with E-state index < -0.39 is 0 Å². The number of hydrogen-bond acceptors (Lipinski definition) is 6. The molecule has 8 nitrogen and oxygen atoms in total. The molecular weight excluding hydrogens is 408 g/mol. The lowest BCUT2D eigenvalue weighted by Gasteiger charge is -2.39. The molecule has 176 valence electrons. The van der Waals surface area contributed by atoms with Gasteiger partial charge < -0.3 is 14.5 Å². The monoisotopic (exact) mass is 444 g/mol. The second kappa shape index (κ2) is 9.57. The fourth-order valence-electron chi connectivity index (χ4n) is 4.48. The predicted molar refractivity (Wildman–Crippen MR) is 123 cm³/mol. The van der Waals surface area contributed by atoms with Crippen LogP contribution in [0.25, 0.3) is 0 Å². The third-order valence-corrected chi connectivity index (χ3v) is 6.09. The van der Waals surface area contributed by atoms with E-state index in [-0.39, 0.29) is 41.9 Å². The van der Waals surface area contributed by atoms with E-state index in [4.69, 9.17) is 4.74 Å². The van der Waals surface area contributed by atoms with Gasteiger partial charge in [-0.2, -0.15) is 0 Å². The lowest BCUT2D eigenvalue weighted by molar-refractivity contribution is -0.120. The molecule has 2 aliphatic heterocycles. The van der Waals surface area contributed by atoms with E-state index >= 15 is 0 Å². The molecule has 0 spiro atoms. The third kappa shape index (κ3) is 5.11. The van der Waals surface area contributed by atoms with Crippen LogP contribution in [0.2, 0.25) is 0 Å². The average molecular weight is 445 g/mol. The van der Waals surface area contributed by atoms with E-state index in [2.05, 4.69) is 23.7 Å². The van der Waals surface area contributed by atoms with Crippen LogP contribution in [0.4, 0.5) is 10.5 Å². The highest BCUT2D eigenvalue weighted by molar-refractivity contribution is 6.01. The van der Waals surface area contributed by atoms with Crippen LogP contribution in [0.1, 0.15) is 70.4 Å². The molecule has 1 atom stereocenters. The van der Waals surface area contributed by atoms with Crippen LogP contribution < -0.4 is 4.90 Å². The van der Waals surface area contributed by atoms with E-state index in [1.807, 2.05) is 33.8 Å². The number of anilines is 1. The van der Waals surface area contributed by atoms with Gasteiger partial charge in [-0.3, -0.25) is 19.5 Å². The van der Waals surface area contributed by atoms with Crippen LogP contribution in [0.3, 0.4) is 0 Å². The van der Waals surface area contributed by atoms with Gasteiger partial charge in [-0.05, 0) is 33.3 Å². The molecule has 2 aliphatic rings. The Bertz CT molecular complexity index is 883. The lowest BCUT2D eigenvalue weighted by atomic mass is 9.91. The molecule has 0 N–H and O–H groups in total. The minimum Gasteiger partial charge on any atom is -0.447 e. The van der Waals surface area contributed by atoms with Crippen molar-refractivity contribution in [2.45, 2.75) is 71.9 Å². The Morgan fingerprint density at radius 2 is 1.97 bits per heavy atom. The molecule has 0 radical (unpaired) electrons. The minimum atomic E-state index is -0.302. The number of rotatable bonds is 6. The fourth-order valence-corrected chi connectivity index (χ4v) is 4.48. The van der Waals surface area contributed by atoms with Gasteiger partial charge in [-0.15, -0.1) is 0 Å². The summed E-state index contributed by atoms with van der Waals surface area (Å²) in [4.78, 5) is 48.1. The number of Topliss-reactive ketones (excluding diaryl/α,β-unsaturated/α-hetero) is 1. The highest BCUT2D eigenvalue weighted by atomic mass is 16.6. The van der Waals surface area contributed by atoms with Gasteiger partial charge in [-0.25, -0.2) is 4.79 Å². The van der Waals surface area contributed by atoms with Crippen LogP contribution in [-0.4, -0.2) is 77.4 Å². The summed E-state index contributed by atoms with van der Waals surface area (Å²) in [6, 6.07) is 1.79. The summed E-state index contributed by atoms with van der Waals surface area (Å²) in [7, 11) is 0. The van der Waals surface area contributed by atoms with Crippen LogP contribution in [0.5, 0.6) is 0 Å². The molecule has 32 heavy (non-hydrogen) atoms. The number of carbonyl (C=O) groups is 3. The van der Waals surface area contributed by atoms with Crippen LogP contribution in [0, 0.1) is 0 Å². The highest BCUT2D eigenvalue weighted by Crippen LogP contribution is 2.39. The Labute approximate surface area is 190 Å². The van der Waals surface area contributed by atoms with Gasteiger partial charge in [-0.1, -0.05) is 20.8 Å².